The maximum atomic E-state index is 12.9. The Morgan fingerprint density at radius 3 is 2.17 bits per heavy atom. The number of aromatic nitrogens is 2. The van der Waals surface area contributed by atoms with Crippen molar-refractivity contribution < 1.29 is 53.0 Å². The lowest BCUT2D eigenvalue weighted by atomic mass is 10.1. The topological polar surface area (TPSA) is 194 Å². The lowest BCUT2D eigenvalue weighted by molar-refractivity contribution is -0.281. The molecule has 2 unspecified atom stereocenters. The van der Waals surface area contributed by atoms with Crippen LogP contribution in [0, 0.1) is 0 Å². The molecule has 2 aliphatic heterocycles. The largest absolute Gasteiger partial charge is 0.464 e. The van der Waals surface area contributed by atoms with E-state index >= 15 is 0 Å². The Bertz CT molecular complexity index is 1230. The molecule has 216 valence electrons. The summed E-state index contributed by atoms with van der Waals surface area (Å²) in [6.07, 6.45) is -7.20. The lowest BCUT2D eigenvalue weighted by Crippen LogP contribution is -2.41. The summed E-state index contributed by atoms with van der Waals surface area (Å²) in [5.41, 5.74) is -0.522. The average Bonchev–Trinajstić information content (AvgIpc) is 3.51. The first-order valence-corrected chi connectivity index (χ1v) is 12.5. The molecular weight excluding hydrogens is 534 g/mol. The number of aliphatic hydroxyl groups excluding tert-OH is 2. The van der Waals surface area contributed by atoms with Crippen LogP contribution < -0.4 is 11.0 Å². The fourth-order valence-corrected chi connectivity index (χ4v) is 4.11. The Kier molecular flexibility index (Phi) is 9.57. The number of nitrogens with zero attached hydrogens (tertiary/aromatic N) is 2. The van der Waals surface area contributed by atoms with E-state index in [1.54, 1.807) is 44.2 Å². The van der Waals surface area contributed by atoms with E-state index in [9.17, 15) is 29.4 Å². The third kappa shape index (κ3) is 6.35. The molecule has 3 heterocycles. The van der Waals surface area contributed by atoms with Crippen LogP contribution in [0.5, 0.6) is 0 Å². The molecule has 2 saturated heterocycles. The van der Waals surface area contributed by atoms with Crippen molar-refractivity contribution in [3.05, 3.63) is 58.6 Å². The molecule has 15 heteroatoms. The summed E-state index contributed by atoms with van der Waals surface area (Å²) in [7, 11) is 0. The number of carbonyl (C=O) groups is 3. The average molecular weight is 564 g/mol. The van der Waals surface area contributed by atoms with Crippen molar-refractivity contribution in [2.24, 2.45) is 0 Å². The Labute approximate surface area is 227 Å². The summed E-state index contributed by atoms with van der Waals surface area (Å²) in [6, 6.07) is 9.63. The Morgan fingerprint density at radius 1 is 1.00 bits per heavy atom. The van der Waals surface area contributed by atoms with Crippen molar-refractivity contribution in [2.45, 2.75) is 57.1 Å². The van der Waals surface area contributed by atoms with Gasteiger partial charge in [0.15, 0.2) is 18.4 Å². The fraction of sp³-hybridized carbons (Fsp3) is 0.480. The molecule has 0 spiro atoms. The lowest BCUT2D eigenvalue weighted by Gasteiger charge is -2.24. The van der Waals surface area contributed by atoms with Crippen LogP contribution in [0.4, 0.5) is 5.82 Å². The third-order valence-corrected chi connectivity index (χ3v) is 5.97. The van der Waals surface area contributed by atoms with Crippen molar-refractivity contribution in [3.63, 3.8) is 0 Å². The van der Waals surface area contributed by atoms with Crippen LogP contribution in [0.3, 0.4) is 0 Å². The molecule has 40 heavy (non-hydrogen) atoms. The quantitative estimate of drug-likeness (QED) is 0.308. The maximum Gasteiger partial charge on any atom is 0.351 e. The second-order valence-electron chi connectivity index (χ2n) is 8.57. The number of amides is 1. The SMILES string of the molecule is CCOC(=O)C1OC(O[C@@H]2[C@H](O)[C@@H](CO)O[C@H]2n2ccc(NC(=O)c3ccccc3)nc2=O)OC1C(=O)OCC. The van der Waals surface area contributed by atoms with Gasteiger partial charge in [-0.1, -0.05) is 18.2 Å². The fourth-order valence-electron chi connectivity index (χ4n) is 4.11. The molecule has 2 aliphatic rings. The first-order chi connectivity index (χ1) is 19.3. The molecular formula is C25H29N3O12. The normalized spacial score (nSPS) is 27.8. The predicted molar refractivity (Wildman–Crippen MR) is 132 cm³/mol. The number of aliphatic hydroxyl groups is 2. The third-order valence-electron chi connectivity index (χ3n) is 5.97. The van der Waals surface area contributed by atoms with Crippen molar-refractivity contribution >= 4 is 23.7 Å². The van der Waals surface area contributed by atoms with Gasteiger partial charge in [0.05, 0.1) is 19.8 Å². The van der Waals surface area contributed by atoms with Gasteiger partial charge in [-0.3, -0.25) is 9.36 Å². The number of hydrogen-bond donors (Lipinski definition) is 3. The molecule has 6 atom stereocenters. The summed E-state index contributed by atoms with van der Waals surface area (Å²) >= 11 is 0. The molecule has 1 amide bonds. The van der Waals surface area contributed by atoms with Gasteiger partial charge in [-0.05, 0) is 32.0 Å². The van der Waals surface area contributed by atoms with Crippen molar-refractivity contribution in [1.29, 1.82) is 0 Å². The van der Waals surface area contributed by atoms with E-state index in [0.29, 0.717) is 5.56 Å². The second kappa shape index (κ2) is 13.1. The molecule has 3 N–H and O–H groups in total. The zero-order chi connectivity index (χ0) is 28.8. The van der Waals surface area contributed by atoms with E-state index in [1.165, 1.54) is 12.3 Å². The molecule has 4 rings (SSSR count). The molecule has 0 radical (unpaired) electrons. The van der Waals surface area contributed by atoms with E-state index in [4.69, 9.17) is 28.4 Å². The summed E-state index contributed by atoms with van der Waals surface area (Å²) < 4.78 is 33.1. The molecule has 0 saturated carbocycles. The minimum atomic E-state index is -1.68. The molecule has 2 aromatic rings. The van der Waals surface area contributed by atoms with Crippen LogP contribution in [0.25, 0.3) is 0 Å². The minimum Gasteiger partial charge on any atom is -0.464 e. The van der Waals surface area contributed by atoms with E-state index in [1.807, 2.05) is 0 Å². The van der Waals surface area contributed by atoms with Crippen molar-refractivity contribution in [3.8, 4) is 0 Å². The summed E-state index contributed by atoms with van der Waals surface area (Å²) in [5, 5.41) is 22.9. The maximum absolute atomic E-state index is 12.9. The highest BCUT2D eigenvalue weighted by molar-refractivity contribution is 6.03. The Morgan fingerprint density at radius 2 is 1.62 bits per heavy atom. The summed E-state index contributed by atoms with van der Waals surface area (Å²) in [6.45, 7) is 0.836. The van der Waals surface area contributed by atoms with Gasteiger partial charge >= 0.3 is 17.6 Å². The van der Waals surface area contributed by atoms with Crippen LogP contribution in [0.2, 0.25) is 0 Å². The van der Waals surface area contributed by atoms with Crippen molar-refractivity contribution in [2.75, 3.05) is 25.1 Å². The highest BCUT2D eigenvalue weighted by atomic mass is 16.9. The molecule has 0 aliphatic carbocycles. The van der Waals surface area contributed by atoms with Crippen LogP contribution in [0.15, 0.2) is 47.4 Å². The smallest absolute Gasteiger partial charge is 0.351 e. The zero-order valence-electron chi connectivity index (χ0n) is 21.6. The second-order valence-corrected chi connectivity index (χ2v) is 8.57. The van der Waals surface area contributed by atoms with Crippen LogP contribution in [0.1, 0.15) is 30.4 Å². The predicted octanol–water partition coefficient (Wildman–Crippen LogP) is -0.675. The van der Waals surface area contributed by atoms with Gasteiger partial charge in [-0.2, -0.15) is 4.98 Å². The molecule has 0 bridgehead atoms. The number of rotatable bonds is 10. The van der Waals surface area contributed by atoms with Gasteiger partial charge in [-0.25, -0.2) is 14.4 Å². The number of hydrogen-bond acceptors (Lipinski definition) is 13. The molecule has 15 nitrogen and oxygen atoms in total. The van der Waals surface area contributed by atoms with Crippen LogP contribution >= 0.6 is 0 Å². The highest BCUT2D eigenvalue weighted by Gasteiger charge is 2.52. The van der Waals surface area contributed by atoms with Gasteiger partial charge < -0.3 is 44.0 Å². The van der Waals surface area contributed by atoms with Crippen LogP contribution in [-0.2, 0) is 38.0 Å². The van der Waals surface area contributed by atoms with E-state index in [0.717, 1.165) is 4.57 Å². The number of ether oxygens (including phenoxy) is 6. The van der Waals surface area contributed by atoms with E-state index in [2.05, 4.69) is 10.3 Å². The Balaban J connectivity index is 1.53. The van der Waals surface area contributed by atoms with Gasteiger partial charge in [0.2, 0.25) is 0 Å². The number of esters is 2. The first kappa shape index (κ1) is 29.3. The number of benzene rings is 1. The number of nitrogens with one attached hydrogen (secondary N) is 1. The van der Waals surface area contributed by atoms with E-state index < -0.39 is 73.4 Å². The zero-order valence-corrected chi connectivity index (χ0v) is 21.6. The van der Waals surface area contributed by atoms with Crippen LogP contribution in [-0.4, -0.2) is 94.4 Å². The highest BCUT2D eigenvalue weighted by Crippen LogP contribution is 2.34. The van der Waals surface area contributed by atoms with Gasteiger partial charge in [0.1, 0.15) is 24.1 Å². The van der Waals surface area contributed by atoms with Crippen molar-refractivity contribution in [1.82, 2.24) is 9.55 Å². The summed E-state index contributed by atoms with van der Waals surface area (Å²) in [4.78, 5) is 53.9. The summed E-state index contributed by atoms with van der Waals surface area (Å²) in [5.74, 6) is -2.31. The molecule has 1 aromatic heterocycles. The van der Waals surface area contributed by atoms with Gasteiger partial charge in [-0.15, -0.1) is 0 Å². The van der Waals surface area contributed by atoms with Gasteiger partial charge in [0.25, 0.3) is 12.4 Å². The first-order valence-electron chi connectivity index (χ1n) is 12.5. The standard InChI is InChI=1S/C25H29N3O12/c1-3-35-22(32)18-19(23(33)36-4-2)40-25(39-18)38-17-16(30)14(12-29)37-21(17)28-11-10-15(27-24(28)34)26-20(31)13-8-6-5-7-9-13/h5-11,14,16-19,21,25,29-30H,3-4,12H2,1-2H3,(H,26,27,31,34)/t14-,16-,17-,18?,19?,21-,25?/m1/s1. The molecule has 2 fully saturated rings. The van der Waals surface area contributed by atoms with Gasteiger partial charge in [0, 0.05) is 11.8 Å². The molecule has 1 aromatic carbocycles. The van der Waals surface area contributed by atoms with E-state index in [-0.39, 0.29) is 19.0 Å². The Hall–Kier alpha value is -3.73. The number of anilines is 1. The number of carbonyl (C=O) groups excluding carboxylic acids is 3. The monoisotopic (exact) mass is 563 g/mol. The minimum absolute atomic E-state index is 0.00686.